The molecule has 1 N–H and O–H groups in total. The van der Waals surface area contributed by atoms with Crippen molar-refractivity contribution < 1.29 is 0 Å². The summed E-state index contributed by atoms with van der Waals surface area (Å²) in [7, 11) is 0. The quantitative estimate of drug-likeness (QED) is 0.317. The second-order valence-corrected chi connectivity index (χ2v) is 7.42. The fourth-order valence-electron chi connectivity index (χ4n) is 2.79. The van der Waals surface area contributed by atoms with Crippen LogP contribution in [0.25, 0.3) is 0 Å². The molecule has 7 heteroatoms. The highest BCUT2D eigenvalue weighted by Crippen LogP contribution is 2.20. The van der Waals surface area contributed by atoms with Crippen LogP contribution < -0.4 is 10.2 Å². The Morgan fingerprint density at radius 3 is 2.36 bits per heavy atom. The van der Waals surface area contributed by atoms with Gasteiger partial charge in [-0.15, -0.1) is 24.0 Å². The molecule has 0 atom stereocenters. The summed E-state index contributed by atoms with van der Waals surface area (Å²) in [6.07, 6.45) is 5.94. The maximum atomic E-state index is 4.82. The zero-order valence-corrected chi connectivity index (χ0v) is 18.4. The molecule has 25 heavy (non-hydrogen) atoms. The van der Waals surface area contributed by atoms with Crippen LogP contribution in [-0.4, -0.2) is 60.1 Å². The van der Waals surface area contributed by atoms with E-state index in [1.807, 2.05) is 6.07 Å². The van der Waals surface area contributed by atoms with E-state index in [2.05, 4.69) is 52.8 Å². The summed E-state index contributed by atoms with van der Waals surface area (Å²) in [6, 6.07) is 1.85. The molecule has 1 saturated heterocycles. The third-order valence-corrected chi connectivity index (χ3v) is 4.10. The first-order valence-corrected chi connectivity index (χ1v) is 9.05. The Morgan fingerprint density at radius 2 is 1.80 bits per heavy atom. The summed E-state index contributed by atoms with van der Waals surface area (Å²) in [5.41, 5.74) is 0.384. The average Bonchev–Trinajstić information content (AvgIpc) is 2.58. The summed E-state index contributed by atoms with van der Waals surface area (Å²) in [4.78, 5) is 18.1. The molecule has 1 fully saturated rings. The molecule has 0 unspecified atom stereocenters. The number of nitrogens with one attached hydrogen (secondary N) is 1. The molecule has 0 bridgehead atoms. The monoisotopic (exact) mass is 460 g/mol. The van der Waals surface area contributed by atoms with Gasteiger partial charge in [-0.2, -0.15) is 0 Å². The summed E-state index contributed by atoms with van der Waals surface area (Å²) in [6.45, 7) is 14.5. The van der Waals surface area contributed by atoms with Gasteiger partial charge in [-0.05, 0) is 31.2 Å². The van der Waals surface area contributed by atoms with Gasteiger partial charge in [-0.3, -0.25) is 4.99 Å². The van der Waals surface area contributed by atoms with Crippen LogP contribution in [0.15, 0.2) is 23.5 Å². The molecule has 2 rings (SSSR count). The van der Waals surface area contributed by atoms with Crippen molar-refractivity contribution in [3.63, 3.8) is 0 Å². The molecule has 2 heterocycles. The van der Waals surface area contributed by atoms with E-state index in [1.165, 1.54) is 6.42 Å². The van der Waals surface area contributed by atoms with Crippen LogP contribution >= 0.6 is 24.0 Å². The Morgan fingerprint density at radius 1 is 1.16 bits per heavy atom. The largest absolute Gasteiger partial charge is 0.357 e. The predicted octanol–water partition coefficient (Wildman–Crippen LogP) is 3.01. The van der Waals surface area contributed by atoms with E-state index in [0.717, 1.165) is 57.6 Å². The molecule has 6 nitrogen and oxygen atoms in total. The van der Waals surface area contributed by atoms with Gasteiger partial charge in [0, 0.05) is 51.7 Å². The summed E-state index contributed by atoms with van der Waals surface area (Å²) in [5, 5.41) is 3.43. The number of aromatic nitrogens is 2. The molecule has 0 aromatic carbocycles. The highest BCUT2D eigenvalue weighted by atomic mass is 127. The normalized spacial score (nSPS) is 15.8. The van der Waals surface area contributed by atoms with Gasteiger partial charge in [0.1, 0.15) is 0 Å². The van der Waals surface area contributed by atoms with E-state index in [0.29, 0.717) is 5.41 Å². The maximum Gasteiger partial charge on any atom is 0.225 e. The number of aliphatic imine (C=N–C) groups is 1. The Balaban J connectivity index is 0.00000312. The number of halogens is 1. The number of hydrogen-bond acceptors (Lipinski definition) is 4. The first-order valence-electron chi connectivity index (χ1n) is 9.05. The van der Waals surface area contributed by atoms with E-state index in [1.54, 1.807) is 12.4 Å². The van der Waals surface area contributed by atoms with Gasteiger partial charge >= 0.3 is 0 Å². The van der Waals surface area contributed by atoms with Crippen LogP contribution in [0.1, 0.15) is 40.5 Å². The van der Waals surface area contributed by atoms with Crippen molar-refractivity contribution in [2.45, 2.75) is 40.5 Å². The molecule has 1 aromatic rings. The number of rotatable bonds is 5. The SMILES string of the molecule is CCNC(=NCCCC(C)(C)C)N1CCN(c2ncccn2)CC1.I. The van der Waals surface area contributed by atoms with Gasteiger partial charge in [0.05, 0.1) is 0 Å². The molecule has 1 aliphatic rings. The van der Waals surface area contributed by atoms with E-state index >= 15 is 0 Å². The highest BCUT2D eigenvalue weighted by Gasteiger charge is 2.21. The summed E-state index contributed by atoms with van der Waals surface area (Å²) >= 11 is 0. The third-order valence-electron chi connectivity index (χ3n) is 4.10. The van der Waals surface area contributed by atoms with Crippen LogP contribution in [0.4, 0.5) is 5.95 Å². The fourth-order valence-corrected chi connectivity index (χ4v) is 2.79. The number of nitrogens with zero attached hydrogens (tertiary/aromatic N) is 5. The van der Waals surface area contributed by atoms with E-state index < -0.39 is 0 Å². The number of hydrogen-bond donors (Lipinski definition) is 1. The van der Waals surface area contributed by atoms with Gasteiger partial charge in [0.25, 0.3) is 0 Å². The van der Waals surface area contributed by atoms with E-state index in [9.17, 15) is 0 Å². The van der Waals surface area contributed by atoms with Crippen LogP contribution in [0.3, 0.4) is 0 Å². The average molecular weight is 460 g/mol. The predicted molar refractivity (Wildman–Crippen MR) is 116 cm³/mol. The Bertz CT molecular complexity index is 506. The second-order valence-electron chi connectivity index (χ2n) is 7.42. The van der Waals surface area contributed by atoms with Crippen molar-refractivity contribution in [3.8, 4) is 0 Å². The van der Waals surface area contributed by atoms with Crippen LogP contribution in [0.2, 0.25) is 0 Å². The van der Waals surface area contributed by atoms with Gasteiger partial charge in [0.2, 0.25) is 5.95 Å². The van der Waals surface area contributed by atoms with Gasteiger partial charge in [-0.25, -0.2) is 9.97 Å². The fraction of sp³-hybridized carbons (Fsp3) is 0.722. The van der Waals surface area contributed by atoms with Crippen molar-refractivity contribution in [1.29, 1.82) is 0 Å². The zero-order chi connectivity index (χ0) is 17.4. The minimum absolute atomic E-state index is 0. The van der Waals surface area contributed by atoms with E-state index in [-0.39, 0.29) is 24.0 Å². The second kappa shape index (κ2) is 10.8. The summed E-state index contributed by atoms with van der Waals surface area (Å²) < 4.78 is 0. The number of piperazine rings is 1. The van der Waals surface area contributed by atoms with E-state index in [4.69, 9.17) is 4.99 Å². The van der Waals surface area contributed by atoms with Crippen molar-refractivity contribution >= 4 is 35.9 Å². The molecular formula is C18H33IN6. The molecule has 0 amide bonds. The number of anilines is 1. The molecule has 1 aromatic heterocycles. The molecule has 0 aliphatic carbocycles. The van der Waals surface area contributed by atoms with Crippen molar-refractivity contribution in [3.05, 3.63) is 18.5 Å². The van der Waals surface area contributed by atoms with Crippen molar-refractivity contribution in [2.75, 3.05) is 44.2 Å². The van der Waals surface area contributed by atoms with Crippen LogP contribution in [0.5, 0.6) is 0 Å². The van der Waals surface area contributed by atoms with Gasteiger partial charge < -0.3 is 15.1 Å². The lowest BCUT2D eigenvalue weighted by Gasteiger charge is -2.36. The Hall–Kier alpha value is -1.12. The summed E-state index contributed by atoms with van der Waals surface area (Å²) in [5.74, 6) is 1.87. The standard InChI is InChI=1S/C18H32N6.HI/c1-5-19-16(20-9-6-8-18(2,3)4)23-12-14-24(15-13-23)17-21-10-7-11-22-17;/h7,10-11H,5-6,8-9,12-15H2,1-4H3,(H,19,20);1H. The molecule has 0 spiro atoms. The minimum atomic E-state index is 0. The third kappa shape index (κ3) is 7.75. The topological polar surface area (TPSA) is 56.7 Å². The smallest absolute Gasteiger partial charge is 0.225 e. The molecule has 1 aliphatic heterocycles. The van der Waals surface area contributed by atoms with Crippen LogP contribution in [-0.2, 0) is 0 Å². The maximum absolute atomic E-state index is 4.82. The van der Waals surface area contributed by atoms with Gasteiger partial charge in [0.15, 0.2) is 5.96 Å². The molecule has 142 valence electrons. The minimum Gasteiger partial charge on any atom is -0.357 e. The first-order chi connectivity index (χ1) is 11.5. The lowest BCUT2D eigenvalue weighted by atomic mass is 9.91. The lowest BCUT2D eigenvalue weighted by Crippen LogP contribution is -2.53. The molecular weight excluding hydrogens is 427 g/mol. The van der Waals surface area contributed by atoms with Crippen LogP contribution in [0, 0.1) is 5.41 Å². The first kappa shape index (κ1) is 21.9. The lowest BCUT2D eigenvalue weighted by molar-refractivity contribution is 0.360. The number of guanidine groups is 1. The molecule has 0 radical (unpaired) electrons. The zero-order valence-electron chi connectivity index (χ0n) is 16.0. The highest BCUT2D eigenvalue weighted by molar-refractivity contribution is 14.0. The van der Waals surface area contributed by atoms with Gasteiger partial charge in [-0.1, -0.05) is 20.8 Å². The molecule has 0 saturated carbocycles. The van der Waals surface area contributed by atoms with Crippen molar-refractivity contribution in [2.24, 2.45) is 10.4 Å². The Labute approximate surface area is 169 Å². The van der Waals surface area contributed by atoms with Crippen molar-refractivity contribution in [1.82, 2.24) is 20.2 Å². The Kier molecular flexibility index (Phi) is 9.45.